The molecule has 0 spiro atoms. The molecule has 1 aromatic heterocycles. The van der Waals surface area contributed by atoms with E-state index in [4.69, 9.17) is 9.47 Å². The minimum absolute atomic E-state index is 0.292. The van der Waals surface area contributed by atoms with Gasteiger partial charge in [-0.3, -0.25) is 0 Å². The molecule has 0 bridgehead atoms. The third-order valence-corrected chi connectivity index (χ3v) is 3.97. The van der Waals surface area contributed by atoms with Crippen LogP contribution in [0, 0.1) is 5.82 Å². The Morgan fingerprint density at radius 2 is 1.96 bits per heavy atom. The van der Waals surface area contributed by atoms with Gasteiger partial charge in [-0.25, -0.2) is 4.39 Å². The van der Waals surface area contributed by atoms with E-state index in [1.54, 1.807) is 18.3 Å². The van der Waals surface area contributed by atoms with Crippen molar-refractivity contribution in [1.29, 1.82) is 0 Å². The Morgan fingerprint density at radius 1 is 1.12 bits per heavy atom. The molecular formula is C18H16FN3O2. The van der Waals surface area contributed by atoms with Crippen LogP contribution in [-0.4, -0.2) is 36.2 Å². The van der Waals surface area contributed by atoms with Crippen molar-refractivity contribution in [1.82, 2.24) is 10.2 Å². The van der Waals surface area contributed by atoms with Crippen LogP contribution in [0.2, 0.25) is 0 Å². The molecule has 1 fully saturated rings. The van der Waals surface area contributed by atoms with E-state index in [-0.39, 0.29) is 5.82 Å². The van der Waals surface area contributed by atoms with Crippen molar-refractivity contribution in [3.63, 3.8) is 0 Å². The van der Waals surface area contributed by atoms with Crippen LogP contribution in [0.1, 0.15) is 0 Å². The summed E-state index contributed by atoms with van der Waals surface area (Å²) in [6.07, 6.45) is 1.32. The normalized spacial score (nSPS) is 17.9. The van der Waals surface area contributed by atoms with Crippen LogP contribution >= 0.6 is 0 Å². The van der Waals surface area contributed by atoms with E-state index < -0.39 is 6.29 Å². The number of halogens is 1. The molecule has 2 heterocycles. The fraction of sp³-hybridized carbons (Fsp3) is 0.222. The summed E-state index contributed by atoms with van der Waals surface area (Å²) in [6.45, 7) is 1.77. The van der Waals surface area contributed by atoms with E-state index in [2.05, 4.69) is 15.1 Å². The lowest BCUT2D eigenvalue weighted by atomic mass is 10.2. The highest BCUT2D eigenvalue weighted by atomic mass is 19.1. The van der Waals surface area contributed by atoms with Crippen molar-refractivity contribution < 1.29 is 13.9 Å². The summed E-state index contributed by atoms with van der Waals surface area (Å²) in [5, 5.41) is 10.5. The number of anilines is 1. The van der Waals surface area contributed by atoms with Crippen molar-refractivity contribution in [2.24, 2.45) is 0 Å². The molecule has 3 aromatic rings. The lowest BCUT2D eigenvalue weighted by Crippen LogP contribution is -2.45. The minimum Gasteiger partial charge on any atom is -0.463 e. The van der Waals surface area contributed by atoms with E-state index in [1.807, 2.05) is 24.3 Å². The third-order valence-electron chi connectivity index (χ3n) is 3.97. The molecule has 0 saturated carbocycles. The van der Waals surface area contributed by atoms with Crippen LogP contribution < -0.4 is 9.64 Å². The van der Waals surface area contributed by atoms with Gasteiger partial charge in [-0.1, -0.05) is 24.3 Å². The van der Waals surface area contributed by atoms with Crippen LogP contribution in [-0.2, 0) is 4.74 Å². The van der Waals surface area contributed by atoms with Gasteiger partial charge < -0.3 is 14.4 Å². The Kier molecular flexibility index (Phi) is 3.96. The summed E-state index contributed by atoms with van der Waals surface area (Å²) in [4.78, 5) is 2.10. The van der Waals surface area contributed by atoms with Gasteiger partial charge in [0.1, 0.15) is 11.6 Å². The average molecular weight is 325 g/mol. The lowest BCUT2D eigenvalue weighted by Gasteiger charge is -2.33. The van der Waals surface area contributed by atoms with E-state index in [0.717, 1.165) is 16.6 Å². The number of benzene rings is 2. The van der Waals surface area contributed by atoms with Crippen molar-refractivity contribution in [3.05, 3.63) is 60.5 Å². The van der Waals surface area contributed by atoms with Crippen LogP contribution in [0.3, 0.4) is 0 Å². The molecule has 1 aliphatic heterocycles. The molecule has 1 unspecified atom stereocenters. The first-order valence-corrected chi connectivity index (χ1v) is 7.79. The first-order valence-electron chi connectivity index (χ1n) is 7.79. The molecular weight excluding hydrogens is 309 g/mol. The van der Waals surface area contributed by atoms with Crippen LogP contribution in [0.4, 0.5) is 10.2 Å². The highest BCUT2D eigenvalue weighted by Crippen LogP contribution is 2.25. The predicted molar refractivity (Wildman–Crippen MR) is 88.5 cm³/mol. The summed E-state index contributed by atoms with van der Waals surface area (Å²) in [7, 11) is 0. The maximum absolute atomic E-state index is 13.0. The van der Waals surface area contributed by atoms with E-state index in [1.165, 1.54) is 12.1 Å². The summed E-state index contributed by atoms with van der Waals surface area (Å²) in [6, 6.07) is 13.9. The standard InChI is InChI=1S/C18H16FN3O2/c19-14-5-7-15(8-6-14)24-17-12-22(9-10-23-17)18-16-4-2-1-3-13(16)11-20-21-18/h1-8,11,17H,9-10,12H2. The second-order valence-electron chi connectivity index (χ2n) is 5.57. The highest BCUT2D eigenvalue weighted by molar-refractivity contribution is 5.91. The Bertz CT molecular complexity index is 836. The first-order chi connectivity index (χ1) is 11.8. The smallest absolute Gasteiger partial charge is 0.217 e. The van der Waals surface area contributed by atoms with Gasteiger partial charge in [0, 0.05) is 17.3 Å². The number of ether oxygens (including phenoxy) is 2. The van der Waals surface area contributed by atoms with Crippen LogP contribution in [0.15, 0.2) is 54.7 Å². The second kappa shape index (κ2) is 6.41. The first kappa shape index (κ1) is 14.8. The molecule has 4 rings (SSSR count). The number of aromatic nitrogens is 2. The number of hydrogen-bond acceptors (Lipinski definition) is 5. The number of nitrogens with zero attached hydrogens (tertiary/aromatic N) is 3. The summed E-state index contributed by atoms with van der Waals surface area (Å²) < 4.78 is 24.5. The van der Waals surface area contributed by atoms with Crippen LogP contribution in [0.25, 0.3) is 10.8 Å². The van der Waals surface area contributed by atoms with Gasteiger partial charge >= 0.3 is 0 Å². The number of hydrogen-bond donors (Lipinski definition) is 0. The molecule has 0 N–H and O–H groups in total. The fourth-order valence-corrected chi connectivity index (χ4v) is 2.79. The van der Waals surface area contributed by atoms with E-state index in [0.29, 0.717) is 25.4 Å². The molecule has 24 heavy (non-hydrogen) atoms. The molecule has 1 saturated heterocycles. The molecule has 5 nitrogen and oxygen atoms in total. The van der Waals surface area contributed by atoms with E-state index >= 15 is 0 Å². The van der Waals surface area contributed by atoms with Gasteiger partial charge in [-0.05, 0) is 24.3 Å². The van der Waals surface area contributed by atoms with Crippen molar-refractivity contribution in [2.75, 3.05) is 24.6 Å². The lowest BCUT2D eigenvalue weighted by molar-refractivity contribution is -0.0865. The third kappa shape index (κ3) is 3.00. The topological polar surface area (TPSA) is 47.5 Å². The van der Waals surface area contributed by atoms with Crippen molar-refractivity contribution >= 4 is 16.6 Å². The second-order valence-corrected chi connectivity index (χ2v) is 5.57. The predicted octanol–water partition coefficient (Wildman–Crippen LogP) is 3.01. The molecule has 122 valence electrons. The molecule has 2 aromatic carbocycles. The molecule has 1 aliphatic rings. The molecule has 6 heteroatoms. The molecule has 1 atom stereocenters. The Balaban J connectivity index is 1.55. The van der Waals surface area contributed by atoms with Gasteiger partial charge in [-0.2, -0.15) is 5.10 Å². The molecule has 0 aliphatic carbocycles. The molecule has 0 amide bonds. The SMILES string of the molecule is Fc1ccc(OC2CN(c3nncc4ccccc34)CCO2)cc1. The highest BCUT2D eigenvalue weighted by Gasteiger charge is 2.24. The van der Waals surface area contributed by atoms with Crippen molar-refractivity contribution in [2.45, 2.75) is 6.29 Å². The maximum Gasteiger partial charge on any atom is 0.217 e. The Hall–Kier alpha value is -2.73. The van der Waals surface area contributed by atoms with E-state index in [9.17, 15) is 4.39 Å². The quantitative estimate of drug-likeness (QED) is 0.741. The van der Waals surface area contributed by atoms with Gasteiger partial charge in [0.05, 0.1) is 19.3 Å². The summed E-state index contributed by atoms with van der Waals surface area (Å²) in [5.41, 5.74) is 0. The maximum atomic E-state index is 13.0. The number of morpholine rings is 1. The monoisotopic (exact) mass is 325 g/mol. The van der Waals surface area contributed by atoms with Crippen molar-refractivity contribution in [3.8, 4) is 5.75 Å². The van der Waals surface area contributed by atoms with Gasteiger partial charge in [0.25, 0.3) is 0 Å². The average Bonchev–Trinajstić information content (AvgIpc) is 2.63. The Labute approximate surface area is 138 Å². The Morgan fingerprint density at radius 3 is 2.83 bits per heavy atom. The summed E-state index contributed by atoms with van der Waals surface area (Å²) >= 11 is 0. The summed E-state index contributed by atoms with van der Waals surface area (Å²) in [5.74, 6) is 1.11. The number of rotatable bonds is 3. The van der Waals surface area contributed by atoms with Crippen LogP contribution in [0.5, 0.6) is 5.75 Å². The zero-order chi connectivity index (χ0) is 16.4. The zero-order valence-electron chi connectivity index (χ0n) is 12.9. The van der Waals surface area contributed by atoms with Gasteiger partial charge in [0.2, 0.25) is 6.29 Å². The van der Waals surface area contributed by atoms with Gasteiger partial charge in [0.15, 0.2) is 5.82 Å². The fourth-order valence-electron chi connectivity index (χ4n) is 2.79. The minimum atomic E-state index is -0.440. The van der Waals surface area contributed by atoms with Gasteiger partial charge in [-0.15, -0.1) is 5.10 Å². The largest absolute Gasteiger partial charge is 0.463 e. The zero-order valence-corrected chi connectivity index (χ0v) is 12.9. The number of fused-ring (bicyclic) bond motifs is 1. The molecule has 0 radical (unpaired) electrons.